The highest BCUT2D eigenvalue weighted by Gasteiger charge is 2.19. The average molecular weight is 305 g/mol. The van der Waals surface area contributed by atoms with Gasteiger partial charge in [0.15, 0.2) is 0 Å². The van der Waals surface area contributed by atoms with Crippen LogP contribution in [0.5, 0.6) is 0 Å². The predicted molar refractivity (Wildman–Crippen MR) is 86.7 cm³/mol. The van der Waals surface area contributed by atoms with E-state index in [2.05, 4.69) is 9.80 Å². The molecule has 2 N–H and O–H groups in total. The van der Waals surface area contributed by atoms with E-state index in [1.54, 1.807) is 31.1 Å². The second kappa shape index (κ2) is 7.74. The maximum atomic E-state index is 11.7. The lowest BCUT2D eigenvalue weighted by atomic mass is 9.80. The molecule has 22 heavy (non-hydrogen) atoms. The Bertz CT molecular complexity index is 485. The average Bonchev–Trinajstić information content (AvgIpc) is 2.49. The van der Waals surface area contributed by atoms with Crippen LogP contribution < -0.4 is 5.46 Å². The quantitative estimate of drug-likeness (QED) is 0.653. The Labute approximate surface area is 132 Å². The van der Waals surface area contributed by atoms with Crippen molar-refractivity contribution in [1.29, 1.82) is 0 Å². The van der Waals surface area contributed by atoms with Gasteiger partial charge in [0, 0.05) is 46.8 Å². The Morgan fingerprint density at radius 1 is 1.09 bits per heavy atom. The third kappa shape index (κ3) is 4.81. The Balaban J connectivity index is 1.78. The minimum absolute atomic E-state index is 0.145. The molecular formula is C15H24BN3O3. The van der Waals surface area contributed by atoms with E-state index in [9.17, 15) is 4.79 Å². The molecule has 0 radical (unpaired) electrons. The van der Waals surface area contributed by atoms with Crippen molar-refractivity contribution in [3.63, 3.8) is 0 Å². The molecular weight excluding hydrogens is 281 g/mol. The summed E-state index contributed by atoms with van der Waals surface area (Å²) in [6.07, 6.45) is 0. The van der Waals surface area contributed by atoms with Crippen molar-refractivity contribution in [2.75, 3.05) is 46.8 Å². The largest absolute Gasteiger partial charge is 0.488 e. The highest BCUT2D eigenvalue weighted by molar-refractivity contribution is 6.58. The number of hydrogen-bond acceptors (Lipinski definition) is 5. The molecule has 0 atom stereocenters. The van der Waals surface area contributed by atoms with Crippen LogP contribution in [0, 0.1) is 0 Å². The number of hydrogen-bond donors (Lipinski definition) is 2. The van der Waals surface area contributed by atoms with Gasteiger partial charge in [-0.1, -0.05) is 24.3 Å². The van der Waals surface area contributed by atoms with E-state index >= 15 is 0 Å². The number of likely N-dealkylation sites (N-methyl/N-ethyl adjacent to an activating group) is 1. The molecule has 0 aliphatic carbocycles. The molecule has 1 aliphatic rings. The Morgan fingerprint density at radius 2 is 1.64 bits per heavy atom. The van der Waals surface area contributed by atoms with Gasteiger partial charge in [0.05, 0.1) is 6.54 Å². The SMILES string of the molecule is CN(C)C(=O)CN1CCN(Cc2ccc(B(O)O)cc2)CC1. The van der Waals surface area contributed by atoms with E-state index < -0.39 is 7.12 Å². The Morgan fingerprint density at radius 3 is 2.14 bits per heavy atom. The molecule has 2 rings (SSSR count). The summed E-state index contributed by atoms with van der Waals surface area (Å²) in [6.45, 7) is 5.00. The fourth-order valence-corrected chi connectivity index (χ4v) is 2.49. The molecule has 0 unspecified atom stereocenters. The summed E-state index contributed by atoms with van der Waals surface area (Å²) < 4.78 is 0. The van der Waals surface area contributed by atoms with Crippen LogP contribution in [0.25, 0.3) is 0 Å². The van der Waals surface area contributed by atoms with Gasteiger partial charge in [-0.25, -0.2) is 0 Å². The maximum absolute atomic E-state index is 11.7. The zero-order valence-electron chi connectivity index (χ0n) is 13.3. The zero-order valence-corrected chi connectivity index (χ0v) is 13.3. The van der Waals surface area contributed by atoms with Crippen LogP contribution in [0.2, 0.25) is 0 Å². The fraction of sp³-hybridized carbons (Fsp3) is 0.533. The first kappa shape index (κ1) is 17.0. The van der Waals surface area contributed by atoms with Crippen molar-refractivity contribution >= 4 is 18.5 Å². The standard InChI is InChI=1S/C15H24BN3O3/c1-17(2)15(20)12-19-9-7-18(8-10-19)11-13-3-5-14(6-4-13)16(21)22/h3-6,21-22H,7-12H2,1-2H3. The highest BCUT2D eigenvalue weighted by Crippen LogP contribution is 2.08. The van der Waals surface area contributed by atoms with Gasteiger partial charge in [-0.05, 0) is 11.0 Å². The van der Waals surface area contributed by atoms with Gasteiger partial charge in [-0.15, -0.1) is 0 Å². The van der Waals surface area contributed by atoms with Crippen LogP contribution in [0.3, 0.4) is 0 Å². The molecule has 0 bridgehead atoms. The van der Waals surface area contributed by atoms with Crippen molar-refractivity contribution in [3.8, 4) is 0 Å². The summed E-state index contributed by atoms with van der Waals surface area (Å²) in [5.41, 5.74) is 1.66. The number of benzene rings is 1. The first-order valence-electron chi connectivity index (χ1n) is 7.55. The Kier molecular flexibility index (Phi) is 5.96. The topological polar surface area (TPSA) is 67.3 Å². The molecule has 120 valence electrons. The molecule has 1 fully saturated rings. The van der Waals surface area contributed by atoms with Crippen molar-refractivity contribution in [3.05, 3.63) is 29.8 Å². The van der Waals surface area contributed by atoms with E-state index in [0.717, 1.165) is 38.3 Å². The highest BCUT2D eigenvalue weighted by atomic mass is 16.4. The van der Waals surface area contributed by atoms with Crippen molar-refractivity contribution < 1.29 is 14.8 Å². The molecule has 1 amide bonds. The minimum atomic E-state index is -1.41. The first-order valence-corrected chi connectivity index (χ1v) is 7.55. The third-order valence-corrected chi connectivity index (χ3v) is 4.01. The lowest BCUT2D eigenvalue weighted by Crippen LogP contribution is -2.48. The van der Waals surface area contributed by atoms with E-state index in [0.29, 0.717) is 12.0 Å². The smallest absolute Gasteiger partial charge is 0.423 e. The second-order valence-corrected chi connectivity index (χ2v) is 5.96. The molecule has 1 aliphatic heterocycles. The zero-order chi connectivity index (χ0) is 16.1. The monoisotopic (exact) mass is 305 g/mol. The molecule has 0 saturated carbocycles. The van der Waals surface area contributed by atoms with Gasteiger partial charge >= 0.3 is 7.12 Å². The summed E-state index contributed by atoms with van der Waals surface area (Å²) in [5, 5.41) is 18.2. The lowest BCUT2D eigenvalue weighted by molar-refractivity contribution is -0.130. The van der Waals surface area contributed by atoms with Crippen LogP contribution >= 0.6 is 0 Å². The van der Waals surface area contributed by atoms with E-state index in [1.165, 1.54) is 0 Å². The van der Waals surface area contributed by atoms with E-state index in [4.69, 9.17) is 10.0 Å². The maximum Gasteiger partial charge on any atom is 0.488 e. The van der Waals surface area contributed by atoms with Gasteiger partial charge in [0.25, 0.3) is 0 Å². The van der Waals surface area contributed by atoms with Crippen LogP contribution in [-0.4, -0.2) is 84.6 Å². The summed E-state index contributed by atoms with van der Waals surface area (Å²) in [6, 6.07) is 7.34. The molecule has 1 saturated heterocycles. The van der Waals surface area contributed by atoms with Crippen molar-refractivity contribution in [1.82, 2.24) is 14.7 Å². The molecule has 1 aromatic carbocycles. The fourth-order valence-electron chi connectivity index (χ4n) is 2.49. The minimum Gasteiger partial charge on any atom is -0.423 e. The van der Waals surface area contributed by atoms with E-state index in [-0.39, 0.29) is 5.91 Å². The summed E-state index contributed by atoms with van der Waals surface area (Å²) in [7, 11) is 2.16. The van der Waals surface area contributed by atoms with Gasteiger partial charge < -0.3 is 14.9 Å². The summed E-state index contributed by atoms with van der Waals surface area (Å²) in [4.78, 5) is 17.9. The summed E-state index contributed by atoms with van der Waals surface area (Å²) in [5.74, 6) is 0.145. The predicted octanol–water partition coefficient (Wildman–Crippen LogP) is -1.43. The number of piperazine rings is 1. The number of amides is 1. The van der Waals surface area contributed by atoms with Gasteiger partial charge in [0.2, 0.25) is 5.91 Å². The number of carbonyl (C=O) groups excluding carboxylic acids is 1. The molecule has 1 aromatic rings. The normalized spacial score (nSPS) is 16.5. The molecule has 6 nitrogen and oxygen atoms in total. The van der Waals surface area contributed by atoms with Gasteiger partial charge in [-0.2, -0.15) is 0 Å². The number of carbonyl (C=O) groups is 1. The lowest BCUT2D eigenvalue weighted by Gasteiger charge is -2.34. The number of nitrogens with zero attached hydrogens (tertiary/aromatic N) is 3. The second-order valence-electron chi connectivity index (χ2n) is 5.96. The van der Waals surface area contributed by atoms with Crippen LogP contribution in [-0.2, 0) is 11.3 Å². The van der Waals surface area contributed by atoms with Crippen molar-refractivity contribution in [2.24, 2.45) is 0 Å². The van der Waals surface area contributed by atoms with Gasteiger partial charge in [-0.3, -0.25) is 14.6 Å². The molecule has 0 spiro atoms. The summed E-state index contributed by atoms with van der Waals surface area (Å²) >= 11 is 0. The first-order chi connectivity index (χ1) is 10.5. The molecule has 1 heterocycles. The molecule has 7 heteroatoms. The third-order valence-electron chi connectivity index (χ3n) is 4.01. The van der Waals surface area contributed by atoms with E-state index in [1.807, 2.05) is 12.1 Å². The van der Waals surface area contributed by atoms with Crippen molar-refractivity contribution in [2.45, 2.75) is 6.54 Å². The van der Waals surface area contributed by atoms with Crippen LogP contribution in [0.15, 0.2) is 24.3 Å². The number of rotatable bonds is 5. The van der Waals surface area contributed by atoms with Gasteiger partial charge in [0.1, 0.15) is 0 Å². The van der Waals surface area contributed by atoms with Crippen LogP contribution in [0.4, 0.5) is 0 Å². The molecule has 0 aromatic heterocycles. The van der Waals surface area contributed by atoms with Crippen LogP contribution in [0.1, 0.15) is 5.56 Å². The Hall–Kier alpha value is -1.41.